The number of urea groups is 4. The Kier molecular flexibility index (Phi) is 35.3. The van der Waals surface area contributed by atoms with E-state index in [1.54, 1.807) is 0 Å². The summed E-state index contributed by atoms with van der Waals surface area (Å²) in [7, 11) is 0. The standard InChI is InChI=1S/C97H126N8O12/c1-6-10-26-48-114-90-70-52-72-58-82-60-74(91(72)115-49-27-11-7-2)54-76-62-84-63-77(93(76)117-51-29-13-9-4)55-75-61-83(59-73(92(75)116-50-28-12-8-3)53-71(90)57-81(56-70)101-94(106)98-78-42-40-69(5)41-43-78)103-96(108)100-80-37-35-39-87(65-80)111-45-31-23-19-15-17-21-25-33-47-113-89-67-85(105-97(109)104-84)66-88(68-89)112-46-32-24-20-16-14-18-22-30-44-110-86-38-34-36-79(64-86)99-95(107)102-82/h34-43,56-68H,6-33,44-55H2,1-5H3,(H2,98,101,106)(H2,99,102,107)(H2,100,103,108)(H2,104,105,109). The summed E-state index contributed by atoms with van der Waals surface area (Å²) in [6.07, 6.45) is 27.9. The molecule has 8 aromatic carbocycles. The van der Waals surface area contributed by atoms with Crippen LogP contribution < -0.4 is 80.4 Å². The van der Waals surface area contributed by atoms with Gasteiger partial charge in [0.2, 0.25) is 0 Å². The largest absolute Gasteiger partial charge is 0.494 e. The number of hydrogen-bond acceptors (Lipinski definition) is 12. The number of ether oxygens (including phenoxy) is 8. The summed E-state index contributed by atoms with van der Waals surface area (Å²) in [5.74, 6) is 4.93. The molecule has 3 aliphatic rings. The van der Waals surface area contributed by atoms with E-state index in [4.69, 9.17) is 37.9 Å². The van der Waals surface area contributed by atoms with Gasteiger partial charge in [-0.3, -0.25) is 0 Å². The van der Waals surface area contributed by atoms with E-state index in [1.165, 1.54) is 0 Å². The van der Waals surface area contributed by atoms with Crippen molar-refractivity contribution in [2.75, 3.05) is 95.4 Å². The molecule has 1 aliphatic carbocycles. The first-order valence-corrected chi connectivity index (χ1v) is 43.7. The number of rotatable bonds is 22. The van der Waals surface area contributed by atoms with Crippen molar-refractivity contribution < 1.29 is 57.1 Å². The molecule has 2 heterocycles. The van der Waals surface area contributed by atoms with E-state index < -0.39 is 24.1 Å². The SMILES string of the molecule is CCCCCOc1c2cc(NC(=O)Nc3ccc(C)cc3)cc1Cc1cc3cc(c1OCCCCC)Cc1cc4cc(c1OCCCCC)Cc1cc(cc(c1OCCCCC)C2)NC(=O)Nc1cccc(c1)OCCCCCCCCCCOc1cc(cc(c1)OCCCCCCCCCCOc1cccc(c1)NC(=O)N3)NC(=O)N4. The monoisotopic (exact) mass is 1590 g/mol. The number of unbranched alkanes of at least 4 members (excludes halogenated alkanes) is 8. The van der Waals surface area contributed by atoms with Crippen molar-refractivity contribution in [1.29, 1.82) is 0 Å². The molecule has 0 radical (unpaired) electrons. The third-order valence-electron chi connectivity index (χ3n) is 21.3. The summed E-state index contributed by atoms with van der Waals surface area (Å²) in [6, 6.07) is 42.2. The molecule has 8 amide bonds. The van der Waals surface area contributed by atoms with E-state index in [9.17, 15) is 14.4 Å². The van der Waals surface area contributed by atoms with Crippen LogP contribution in [0.3, 0.4) is 0 Å². The van der Waals surface area contributed by atoms with Gasteiger partial charge in [-0.1, -0.05) is 186 Å². The molecule has 0 saturated carbocycles. The Balaban J connectivity index is 1.15. The minimum absolute atomic E-state index is 0.173. The fraction of sp³-hybridized carbons (Fsp3) is 0.464. The van der Waals surface area contributed by atoms with Gasteiger partial charge < -0.3 is 80.4 Å². The molecule has 11 rings (SSSR count). The smallest absolute Gasteiger partial charge is 0.323 e. The molecule has 2 aliphatic heterocycles. The third-order valence-corrected chi connectivity index (χ3v) is 21.3. The van der Waals surface area contributed by atoms with Gasteiger partial charge in [0.25, 0.3) is 0 Å². The van der Waals surface area contributed by atoms with E-state index in [1.807, 2.05) is 146 Å². The Hall–Kier alpha value is -10.8. The quantitative estimate of drug-likeness (QED) is 0.0296. The zero-order valence-corrected chi connectivity index (χ0v) is 70.0. The maximum Gasteiger partial charge on any atom is 0.323 e. The van der Waals surface area contributed by atoms with E-state index in [0.29, 0.717) is 144 Å². The summed E-state index contributed by atoms with van der Waals surface area (Å²) < 4.78 is 54.7. The number of nitrogens with one attached hydrogen (secondary N) is 8. The minimum atomic E-state index is -0.497. The highest BCUT2D eigenvalue weighted by atomic mass is 16.5. The fourth-order valence-corrected chi connectivity index (χ4v) is 15.3. The van der Waals surface area contributed by atoms with Crippen molar-refractivity contribution >= 4 is 69.6 Å². The highest BCUT2D eigenvalue weighted by Gasteiger charge is 2.27. The Labute approximate surface area is 694 Å². The topological polar surface area (TPSA) is 238 Å². The molecule has 117 heavy (non-hydrogen) atoms. The van der Waals surface area contributed by atoms with Crippen LogP contribution >= 0.6 is 0 Å². The molecule has 0 atom stereocenters. The molecule has 0 spiro atoms. The van der Waals surface area contributed by atoms with Crippen LogP contribution in [0.15, 0.2) is 140 Å². The molecular weight excluding hydrogens is 1470 g/mol. The Morgan fingerprint density at radius 2 is 0.581 bits per heavy atom. The van der Waals surface area contributed by atoms with Gasteiger partial charge in [-0.2, -0.15) is 0 Å². The molecule has 0 unspecified atom stereocenters. The predicted molar refractivity (Wildman–Crippen MR) is 474 cm³/mol. The average molecular weight is 1600 g/mol. The van der Waals surface area contributed by atoms with E-state index in [2.05, 4.69) is 70.2 Å². The molecule has 20 heteroatoms. The summed E-state index contributed by atoms with van der Waals surface area (Å²) in [5.41, 5.74) is 11.0. The van der Waals surface area contributed by atoms with Crippen molar-refractivity contribution in [3.63, 3.8) is 0 Å². The summed E-state index contributed by atoms with van der Waals surface area (Å²) >= 11 is 0. The normalized spacial score (nSPS) is 15.0. The van der Waals surface area contributed by atoms with Crippen molar-refractivity contribution in [2.45, 2.75) is 240 Å². The third kappa shape index (κ3) is 28.8. The lowest BCUT2D eigenvalue weighted by molar-refractivity contribution is 0.261. The molecule has 0 aromatic heterocycles. The van der Waals surface area contributed by atoms with Gasteiger partial charge in [-0.15, -0.1) is 0 Å². The Morgan fingerprint density at radius 3 is 0.906 bits per heavy atom. The molecule has 626 valence electrons. The van der Waals surface area contributed by atoms with Crippen molar-refractivity contribution in [3.05, 3.63) is 190 Å². The second-order valence-corrected chi connectivity index (χ2v) is 31.4. The van der Waals surface area contributed by atoms with E-state index >= 15 is 4.79 Å². The van der Waals surface area contributed by atoms with Crippen LogP contribution in [0.25, 0.3) is 0 Å². The first kappa shape index (κ1) is 87.1. The maximum absolute atomic E-state index is 15.2. The van der Waals surface area contributed by atoms with Crippen LogP contribution in [0.2, 0.25) is 0 Å². The van der Waals surface area contributed by atoms with Crippen LogP contribution in [0.4, 0.5) is 64.7 Å². The number of amides is 8. The first-order chi connectivity index (χ1) is 57.3. The van der Waals surface area contributed by atoms with Gasteiger partial charge >= 0.3 is 24.1 Å². The van der Waals surface area contributed by atoms with Gasteiger partial charge in [-0.25, -0.2) is 19.2 Å². The lowest BCUT2D eigenvalue weighted by Gasteiger charge is -2.25. The van der Waals surface area contributed by atoms with Crippen LogP contribution in [0, 0.1) is 6.92 Å². The molecule has 0 fully saturated rings. The van der Waals surface area contributed by atoms with Crippen LogP contribution in [0.1, 0.15) is 258 Å². The number of aryl methyl sites for hydroxylation is 1. The van der Waals surface area contributed by atoms with Gasteiger partial charge in [0.15, 0.2) is 0 Å². The highest BCUT2D eigenvalue weighted by Crippen LogP contribution is 2.44. The second-order valence-electron chi connectivity index (χ2n) is 31.4. The molecule has 8 aromatic rings. The van der Waals surface area contributed by atoms with Crippen LogP contribution in [0.5, 0.6) is 46.0 Å². The molecule has 0 saturated heterocycles. The maximum atomic E-state index is 15.2. The van der Waals surface area contributed by atoms with Gasteiger partial charge in [0.1, 0.15) is 46.0 Å². The van der Waals surface area contributed by atoms with Crippen molar-refractivity contribution in [3.8, 4) is 46.0 Å². The predicted octanol–water partition coefficient (Wildman–Crippen LogP) is 25.3. The Bertz CT molecular complexity index is 4270. The fourth-order valence-electron chi connectivity index (χ4n) is 15.3. The lowest BCUT2D eigenvalue weighted by Crippen LogP contribution is -2.21. The van der Waals surface area contributed by atoms with E-state index in [-0.39, 0.29) is 25.7 Å². The minimum Gasteiger partial charge on any atom is -0.494 e. The number of carbonyl (C=O) groups is 4. The zero-order chi connectivity index (χ0) is 81.6. The Morgan fingerprint density at radius 1 is 0.308 bits per heavy atom. The summed E-state index contributed by atoms with van der Waals surface area (Å²) in [6.45, 7) is 14.3. The van der Waals surface area contributed by atoms with Gasteiger partial charge in [0, 0.05) is 146 Å². The number of hydrogen-bond donors (Lipinski definition) is 8. The number of anilines is 8. The van der Waals surface area contributed by atoms with Crippen molar-refractivity contribution in [2.24, 2.45) is 0 Å². The van der Waals surface area contributed by atoms with Gasteiger partial charge in [-0.05, 0) is 143 Å². The first-order valence-electron chi connectivity index (χ1n) is 43.7. The van der Waals surface area contributed by atoms with Crippen LogP contribution in [-0.4, -0.2) is 77.0 Å². The lowest BCUT2D eigenvalue weighted by atomic mass is 9.90. The van der Waals surface area contributed by atoms with Crippen molar-refractivity contribution in [1.82, 2.24) is 0 Å². The molecule has 20 nitrogen and oxygen atoms in total. The second kappa shape index (κ2) is 47.5. The summed E-state index contributed by atoms with van der Waals surface area (Å²) in [5, 5.41) is 25.6. The number of benzene rings is 8. The summed E-state index contributed by atoms with van der Waals surface area (Å²) in [4.78, 5) is 59.6. The molecule has 8 N–H and O–H groups in total. The van der Waals surface area contributed by atoms with Crippen LogP contribution in [-0.2, 0) is 25.7 Å². The zero-order valence-electron chi connectivity index (χ0n) is 70.0. The average Bonchev–Trinajstić information content (AvgIpc) is 0.766. The van der Waals surface area contributed by atoms with Gasteiger partial charge in [0.05, 0.1) is 52.9 Å². The molecule has 18 bridgehead atoms. The molecular formula is C97H126N8O12. The number of fused-ring (bicyclic) bond motifs is 14. The number of carbonyl (C=O) groups excluding carboxylic acids is 4. The highest BCUT2D eigenvalue weighted by molar-refractivity contribution is 6.03. The van der Waals surface area contributed by atoms with E-state index in [0.717, 1.165) is 230 Å².